The molecule has 1 aromatic heterocycles. The fraction of sp³-hybridized carbons (Fsp3) is 0.438. The van der Waals surface area contributed by atoms with Gasteiger partial charge in [-0.3, -0.25) is 9.59 Å². The van der Waals surface area contributed by atoms with Crippen LogP contribution in [0.5, 0.6) is 0 Å². The molecule has 1 heterocycles. The van der Waals surface area contributed by atoms with E-state index in [1.807, 2.05) is 24.3 Å². The Morgan fingerprint density at radius 2 is 1.60 bits per heavy atom. The monoisotopic (exact) mass is 547 g/mol. The molecule has 3 aliphatic carbocycles. The number of terminal acetylenes is 1. The van der Waals surface area contributed by atoms with Gasteiger partial charge < -0.3 is 19.9 Å². The minimum Gasteiger partial charge on any atom is -0.451 e. The summed E-state index contributed by atoms with van der Waals surface area (Å²) < 4.78 is 33.9. The van der Waals surface area contributed by atoms with Crippen molar-refractivity contribution in [3.05, 3.63) is 59.9 Å². The summed E-state index contributed by atoms with van der Waals surface area (Å²) in [5, 5.41) is 24.0. The van der Waals surface area contributed by atoms with Crippen LogP contribution in [0.15, 0.2) is 52.9 Å². The van der Waals surface area contributed by atoms with Crippen LogP contribution >= 0.6 is 0 Å². The standard InChI is InChI=1S/C32H31F2NO5/c1-2-29(9-10-29)19-26(36)30(11-15-32(33,34)16-12-30)35-28(38)25-18-23-8-7-22(17-24(23)40-25)20-3-5-21(6-4-20)27(37)31(39)13-14-31/h1,3-8,17-18,27,37,39H,9-16,19H2,(H,35,38). The van der Waals surface area contributed by atoms with Crippen LogP contribution < -0.4 is 5.32 Å². The van der Waals surface area contributed by atoms with Crippen LogP contribution in [0.25, 0.3) is 22.1 Å². The number of amides is 1. The first-order chi connectivity index (χ1) is 19.0. The maximum absolute atomic E-state index is 14.0. The number of halogens is 2. The van der Waals surface area contributed by atoms with Crippen molar-refractivity contribution < 1.29 is 33.0 Å². The molecule has 1 unspecified atom stereocenters. The Balaban J connectivity index is 1.22. The second-order valence-electron chi connectivity index (χ2n) is 11.9. The second-order valence-corrected chi connectivity index (χ2v) is 11.9. The van der Waals surface area contributed by atoms with Gasteiger partial charge in [0.05, 0.1) is 11.1 Å². The molecule has 1 atom stereocenters. The predicted molar refractivity (Wildman–Crippen MR) is 145 cm³/mol. The van der Waals surface area contributed by atoms with E-state index >= 15 is 0 Å². The van der Waals surface area contributed by atoms with Crippen molar-refractivity contribution in [1.82, 2.24) is 5.32 Å². The molecule has 208 valence electrons. The molecular weight excluding hydrogens is 516 g/mol. The molecule has 2 aromatic carbocycles. The molecule has 0 saturated heterocycles. The van der Waals surface area contributed by atoms with Crippen LogP contribution in [0.1, 0.15) is 80.0 Å². The van der Waals surface area contributed by atoms with Gasteiger partial charge in [-0.05, 0) is 67.3 Å². The van der Waals surface area contributed by atoms with Crippen molar-refractivity contribution in [2.24, 2.45) is 5.41 Å². The zero-order valence-corrected chi connectivity index (χ0v) is 22.0. The smallest absolute Gasteiger partial charge is 0.287 e. The normalized spacial score (nSPS) is 22.2. The van der Waals surface area contributed by atoms with Crippen molar-refractivity contribution in [2.75, 3.05) is 0 Å². The highest BCUT2D eigenvalue weighted by atomic mass is 19.3. The van der Waals surface area contributed by atoms with Crippen molar-refractivity contribution in [3.63, 3.8) is 0 Å². The number of hydrogen-bond donors (Lipinski definition) is 3. The maximum Gasteiger partial charge on any atom is 0.287 e. The summed E-state index contributed by atoms with van der Waals surface area (Å²) in [5.74, 6) is -1.14. The summed E-state index contributed by atoms with van der Waals surface area (Å²) in [4.78, 5) is 26.7. The van der Waals surface area contributed by atoms with Gasteiger partial charge >= 0.3 is 0 Å². The summed E-state index contributed by atoms with van der Waals surface area (Å²) in [5.41, 5.74) is -0.190. The van der Waals surface area contributed by atoms with Gasteiger partial charge in [-0.15, -0.1) is 6.42 Å². The summed E-state index contributed by atoms with van der Waals surface area (Å²) >= 11 is 0. The minimum atomic E-state index is -2.87. The van der Waals surface area contributed by atoms with Crippen molar-refractivity contribution in [1.29, 1.82) is 0 Å². The van der Waals surface area contributed by atoms with Gasteiger partial charge in [-0.2, -0.15) is 0 Å². The van der Waals surface area contributed by atoms with E-state index in [1.165, 1.54) is 0 Å². The third-order valence-electron chi connectivity index (χ3n) is 8.96. The second kappa shape index (κ2) is 9.25. The van der Waals surface area contributed by atoms with Crippen molar-refractivity contribution in [3.8, 4) is 23.5 Å². The van der Waals surface area contributed by atoms with Gasteiger partial charge in [0.25, 0.3) is 5.91 Å². The van der Waals surface area contributed by atoms with Gasteiger partial charge in [0.1, 0.15) is 11.7 Å². The third-order valence-corrected chi connectivity index (χ3v) is 8.96. The largest absolute Gasteiger partial charge is 0.451 e. The van der Waals surface area contributed by atoms with E-state index in [0.717, 1.165) is 11.1 Å². The average Bonchev–Trinajstić information content (AvgIpc) is 3.85. The highest BCUT2D eigenvalue weighted by molar-refractivity contribution is 6.01. The molecule has 6 rings (SSSR count). The first-order valence-electron chi connectivity index (χ1n) is 13.7. The molecule has 3 aliphatic rings. The number of rotatable bonds is 8. The van der Waals surface area contributed by atoms with Crippen molar-refractivity contribution >= 4 is 22.7 Å². The summed E-state index contributed by atoms with van der Waals surface area (Å²) in [7, 11) is 0. The lowest BCUT2D eigenvalue weighted by molar-refractivity contribution is -0.131. The number of fused-ring (bicyclic) bond motifs is 1. The average molecular weight is 548 g/mol. The molecule has 8 heteroatoms. The number of carbonyl (C=O) groups is 2. The summed E-state index contributed by atoms with van der Waals surface area (Å²) in [6, 6.07) is 14.3. The predicted octanol–water partition coefficient (Wildman–Crippen LogP) is 5.71. The van der Waals surface area contributed by atoms with E-state index in [1.54, 1.807) is 24.3 Å². The number of nitrogens with one attached hydrogen (secondary N) is 1. The van der Waals surface area contributed by atoms with Gasteiger partial charge in [-0.1, -0.05) is 42.3 Å². The number of furan rings is 1. The number of benzene rings is 2. The lowest BCUT2D eigenvalue weighted by atomic mass is 9.74. The number of Topliss-reactive ketones (excluding diaryl/α,β-unsaturated/α-hetero) is 1. The Labute approximate surface area is 230 Å². The number of ketones is 1. The van der Waals surface area contributed by atoms with E-state index in [-0.39, 0.29) is 30.8 Å². The van der Waals surface area contributed by atoms with Gasteiger partial charge in [0.15, 0.2) is 11.5 Å². The Morgan fingerprint density at radius 1 is 0.950 bits per heavy atom. The molecule has 6 nitrogen and oxygen atoms in total. The highest BCUT2D eigenvalue weighted by Crippen LogP contribution is 2.50. The molecule has 40 heavy (non-hydrogen) atoms. The molecule has 0 aliphatic heterocycles. The van der Waals surface area contributed by atoms with Crippen LogP contribution in [-0.2, 0) is 4.79 Å². The number of alkyl halides is 2. The SMILES string of the molecule is C#CC1(CC(=O)C2(NC(=O)c3cc4ccc(-c5ccc(C(O)C6(O)CC6)cc5)cc4o3)CCC(F)(F)CC2)CC1. The quantitative estimate of drug-likeness (QED) is 0.314. The third kappa shape index (κ3) is 4.93. The Morgan fingerprint density at radius 3 is 2.20 bits per heavy atom. The molecule has 0 bridgehead atoms. The molecule has 3 N–H and O–H groups in total. The fourth-order valence-corrected chi connectivity index (χ4v) is 5.69. The maximum atomic E-state index is 14.0. The van der Waals surface area contributed by atoms with Gasteiger partial charge in [0, 0.05) is 30.1 Å². The van der Waals surface area contributed by atoms with Crippen LogP contribution in [0, 0.1) is 17.8 Å². The molecule has 3 fully saturated rings. The minimum absolute atomic E-state index is 0.00843. The van der Waals surface area contributed by atoms with Crippen LogP contribution in [-0.4, -0.2) is 39.0 Å². The van der Waals surface area contributed by atoms with Crippen LogP contribution in [0.3, 0.4) is 0 Å². The molecular formula is C32H31F2NO5. The number of aliphatic hydroxyl groups is 2. The van der Waals surface area contributed by atoms with Crippen LogP contribution in [0.4, 0.5) is 8.78 Å². The first-order valence-corrected chi connectivity index (χ1v) is 13.7. The van der Waals surface area contributed by atoms with Gasteiger partial charge in [-0.25, -0.2) is 8.78 Å². The topological polar surface area (TPSA) is 99.8 Å². The molecule has 3 saturated carbocycles. The Hall–Kier alpha value is -3.54. The zero-order valence-electron chi connectivity index (χ0n) is 22.0. The molecule has 1 amide bonds. The van der Waals surface area contributed by atoms with E-state index in [9.17, 15) is 28.6 Å². The molecule has 0 radical (unpaired) electrons. The number of hydrogen-bond acceptors (Lipinski definition) is 5. The van der Waals surface area contributed by atoms with E-state index in [4.69, 9.17) is 10.8 Å². The van der Waals surface area contributed by atoms with E-state index in [2.05, 4.69) is 11.2 Å². The summed E-state index contributed by atoms with van der Waals surface area (Å²) in [6.07, 6.45) is 6.06. The van der Waals surface area contributed by atoms with Crippen LogP contribution in [0.2, 0.25) is 0 Å². The first kappa shape index (κ1) is 26.7. The zero-order chi connectivity index (χ0) is 28.3. The number of carbonyl (C=O) groups excluding carboxylic acids is 2. The highest BCUT2D eigenvalue weighted by Gasteiger charge is 2.52. The molecule has 0 spiro atoms. The summed E-state index contributed by atoms with van der Waals surface area (Å²) in [6.45, 7) is 0. The van der Waals surface area contributed by atoms with E-state index < -0.39 is 47.3 Å². The lowest BCUT2D eigenvalue weighted by Crippen LogP contribution is -2.58. The lowest BCUT2D eigenvalue weighted by Gasteiger charge is -2.39. The molecule has 3 aromatic rings. The Kier molecular flexibility index (Phi) is 6.17. The fourth-order valence-electron chi connectivity index (χ4n) is 5.69. The number of aliphatic hydroxyl groups excluding tert-OH is 1. The van der Waals surface area contributed by atoms with Gasteiger partial charge in [0.2, 0.25) is 5.92 Å². The Bertz CT molecular complexity index is 1510. The van der Waals surface area contributed by atoms with Crippen molar-refractivity contribution in [2.45, 2.75) is 81.0 Å². The van der Waals surface area contributed by atoms with E-state index in [0.29, 0.717) is 42.2 Å².